The standard InChI is InChI=1S/C18H13ClF6N2O/c19-15-8-13(3-4-14(15)18(23,24)25)26-16(28)27-6-5-10-7-12(17(20,21)22)2-1-11(10)9-27/h1-4,7-8H,5-6,9H2,(H,26,28). The van der Waals surface area contributed by atoms with Crippen LogP contribution in [0.4, 0.5) is 36.8 Å². The van der Waals surface area contributed by atoms with Crippen LogP contribution in [0.5, 0.6) is 0 Å². The summed E-state index contributed by atoms with van der Waals surface area (Å²) in [5, 5.41) is 1.91. The number of hydrogen-bond donors (Lipinski definition) is 1. The van der Waals surface area contributed by atoms with Crippen molar-refractivity contribution in [3.8, 4) is 0 Å². The number of carbonyl (C=O) groups is 1. The number of anilines is 1. The molecular weight excluding hydrogens is 410 g/mol. The summed E-state index contributed by atoms with van der Waals surface area (Å²) in [4.78, 5) is 13.7. The number of nitrogens with one attached hydrogen (secondary N) is 1. The van der Waals surface area contributed by atoms with Crippen LogP contribution < -0.4 is 5.32 Å². The van der Waals surface area contributed by atoms with Gasteiger partial charge in [0.1, 0.15) is 0 Å². The molecule has 0 aliphatic carbocycles. The maximum absolute atomic E-state index is 12.8. The maximum Gasteiger partial charge on any atom is 0.417 e. The molecule has 0 aromatic heterocycles. The quantitative estimate of drug-likeness (QED) is 0.564. The summed E-state index contributed by atoms with van der Waals surface area (Å²) in [6, 6.07) is 5.61. The predicted octanol–water partition coefficient (Wildman–Crippen LogP) is 5.97. The van der Waals surface area contributed by atoms with Crippen LogP contribution in [-0.2, 0) is 25.3 Å². The van der Waals surface area contributed by atoms with E-state index in [0.29, 0.717) is 11.1 Å². The molecular formula is C18H13ClF6N2O. The van der Waals surface area contributed by atoms with Gasteiger partial charge in [0.25, 0.3) is 0 Å². The number of fused-ring (bicyclic) bond motifs is 1. The average Bonchev–Trinajstić information content (AvgIpc) is 2.59. The van der Waals surface area contributed by atoms with E-state index in [2.05, 4.69) is 5.32 Å². The Balaban J connectivity index is 1.71. The third-order valence-electron chi connectivity index (χ3n) is 4.36. The molecule has 1 heterocycles. The van der Waals surface area contributed by atoms with E-state index < -0.39 is 34.5 Å². The van der Waals surface area contributed by atoms with Gasteiger partial charge in [-0.15, -0.1) is 0 Å². The fraction of sp³-hybridized carbons (Fsp3) is 0.278. The Hall–Kier alpha value is -2.42. The van der Waals surface area contributed by atoms with Crippen LogP contribution in [0.2, 0.25) is 5.02 Å². The number of hydrogen-bond acceptors (Lipinski definition) is 1. The monoisotopic (exact) mass is 422 g/mol. The van der Waals surface area contributed by atoms with Gasteiger partial charge in [-0.1, -0.05) is 17.7 Å². The van der Waals surface area contributed by atoms with Crippen LogP contribution in [0.15, 0.2) is 36.4 Å². The highest BCUT2D eigenvalue weighted by Gasteiger charge is 2.34. The first-order valence-electron chi connectivity index (χ1n) is 8.07. The Morgan fingerprint density at radius 3 is 2.29 bits per heavy atom. The lowest BCUT2D eigenvalue weighted by atomic mass is 9.97. The van der Waals surface area contributed by atoms with Crippen LogP contribution in [0.1, 0.15) is 22.3 Å². The highest BCUT2D eigenvalue weighted by molar-refractivity contribution is 6.31. The zero-order chi connectivity index (χ0) is 20.7. The van der Waals surface area contributed by atoms with Gasteiger partial charge in [-0.2, -0.15) is 26.3 Å². The average molecular weight is 423 g/mol. The van der Waals surface area contributed by atoms with Crippen molar-refractivity contribution in [2.45, 2.75) is 25.3 Å². The summed E-state index contributed by atoms with van der Waals surface area (Å²) in [5.74, 6) is 0. The third-order valence-corrected chi connectivity index (χ3v) is 4.67. The van der Waals surface area contributed by atoms with Crippen molar-refractivity contribution in [1.82, 2.24) is 4.90 Å². The molecule has 2 amide bonds. The first kappa shape index (κ1) is 20.3. The van der Waals surface area contributed by atoms with Crippen molar-refractivity contribution < 1.29 is 31.1 Å². The number of rotatable bonds is 1. The molecule has 0 fully saturated rings. The Morgan fingerprint density at radius 2 is 1.68 bits per heavy atom. The minimum atomic E-state index is -4.61. The number of halogens is 7. The van der Waals surface area contributed by atoms with Gasteiger partial charge in [0, 0.05) is 18.8 Å². The molecule has 1 N–H and O–H groups in total. The SMILES string of the molecule is O=C(Nc1ccc(C(F)(F)F)c(Cl)c1)N1CCc2cc(C(F)(F)F)ccc2C1. The van der Waals surface area contributed by atoms with Gasteiger partial charge in [-0.25, -0.2) is 4.79 Å². The van der Waals surface area contributed by atoms with E-state index in [1.807, 2.05) is 0 Å². The Labute approximate surface area is 160 Å². The van der Waals surface area contributed by atoms with Gasteiger partial charge in [0.15, 0.2) is 0 Å². The largest absolute Gasteiger partial charge is 0.417 e. The molecule has 3 rings (SSSR count). The predicted molar refractivity (Wildman–Crippen MR) is 91.0 cm³/mol. The van der Waals surface area contributed by atoms with Gasteiger partial charge >= 0.3 is 18.4 Å². The number of carbonyl (C=O) groups excluding carboxylic acids is 1. The molecule has 1 aliphatic rings. The van der Waals surface area contributed by atoms with Crippen LogP contribution in [0, 0.1) is 0 Å². The molecule has 2 aromatic carbocycles. The molecule has 0 spiro atoms. The molecule has 2 aromatic rings. The normalized spacial score (nSPS) is 14.6. The molecule has 0 unspecified atom stereocenters. The molecule has 1 aliphatic heterocycles. The fourth-order valence-electron chi connectivity index (χ4n) is 2.93. The molecule has 0 saturated carbocycles. The minimum absolute atomic E-state index is 0.0845. The van der Waals surface area contributed by atoms with Crippen LogP contribution >= 0.6 is 11.6 Å². The number of amides is 2. The van der Waals surface area contributed by atoms with Gasteiger partial charge in [0.2, 0.25) is 0 Å². The van der Waals surface area contributed by atoms with Crippen molar-refractivity contribution in [3.05, 3.63) is 63.7 Å². The molecule has 0 radical (unpaired) electrons. The van der Waals surface area contributed by atoms with E-state index >= 15 is 0 Å². The first-order chi connectivity index (χ1) is 12.9. The zero-order valence-corrected chi connectivity index (χ0v) is 14.8. The number of urea groups is 1. The summed E-state index contributed by atoms with van der Waals surface area (Å²) >= 11 is 5.63. The summed E-state index contributed by atoms with van der Waals surface area (Å²) in [5.41, 5.74) is -0.583. The van der Waals surface area contributed by atoms with E-state index in [4.69, 9.17) is 11.6 Å². The van der Waals surface area contributed by atoms with E-state index in [-0.39, 0.29) is 25.2 Å². The summed E-state index contributed by atoms with van der Waals surface area (Å²) in [6.45, 7) is 0.266. The second-order valence-corrected chi connectivity index (χ2v) is 6.68. The van der Waals surface area contributed by atoms with Crippen LogP contribution in [0.25, 0.3) is 0 Å². The maximum atomic E-state index is 12.8. The fourth-order valence-corrected chi connectivity index (χ4v) is 3.22. The third kappa shape index (κ3) is 4.35. The zero-order valence-electron chi connectivity index (χ0n) is 14.1. The Morgan fingerprint density at radius 1 is 0.964 bits per heavy atom. The lowest BCUT2D eigenvalue weighted by Gasteiger charge is -2.29. The molecule has 10 heteroatoms. The van der Waals surface area contributed by atoms with Gasteiger partial charge in [0.05, 0.1) is 16.1 Å². The minimum Gasteiger partial charge on any atom is -0.320 e. The second kappa shape index (κ2) is 7.20. The van der Waals surface area contributed by atoms with Crippen LogP contribution in [0.3, 0.4) is 0 Å². The van der Waals surface area contributed by atoms with Crippen molar-refractivity contribution >= 4 is 23.3 Å². The van der Waals surface area contributed by atoms with E-state index in [1.54, 1.807) is 0 Å². The first-order valence-corrected chi connectivity index (χ1v) is 8.44. The summed E-state index contributed by atoms with van der Waals surface area (Å²) in [7, 11) is 0. The van der Waals surface area contributed by atoms with Gasteiger partial charge in [-0.3, -0.25) is 0 Å². The van der Waals surface area contributed by atoms with Crippen molar-refractivity contribution in [1.29, 1.82) is 0 Å². The molecule has 3 nitrogen and oxygen atoms in total. The van der Waals surface area contributed by atoms with Crippen LogP contribution in [-0.4, -0.2) is 17.5 Å². The smallest absolute Gasteiger partial charge is 0.320 e. The summed E-state index contributed by atoms with van der Waals surface area (Å²) in [6.07, 6.45) is -8.81. The Kier molecular flexibility index (Phi) is 5.22. The number of nitrogens with zero attached hydrogens (tertiary/aromatic N) is 1. The van der Waals surface area contributed by atoms with E-state index in [9.17, 15) is 31.1 Å². The van der Waals surface area contributed by atoms with Crippen molar-refractivity contribution in [2.24, 2.45) is 0 Å². The molecule has 0 atom stereocenters. The van der Waals surface area contributed by atoms with Crippen molar-refractivity contribution in [2.75, 3.05) is 11.9 Å². The number of alkyl halides is 6. The topological polar surface area (TPSA) is 32.3 Å². The molecule has 0 saturated heterocycles. The summed E-state index contributed by atoms with van der Waals surface area (Å²) < 4.78 is 76.5. The van der Waals surface area contributed by atoms with E-state index in [1.165, 1.54) is 11.0 Å². The molecule has 28 heavy (non-hydrogen) atoms. The lowest BCUT2D eigenvalue weighted by Crippen LogP contribution is -2.39. The van der Waals surface area contributed by atoms with Crippen molar-refractivity contribution in [3.63, 3.8) is 0 Å². The number of benzene rings is 2. The highest BCUT2D eigenvalue weighted by atomic mass is 35.5. The van der Waals surface area contributed by atoms with E-state index in [0.717, 1.165) is 30.3 Å². The highest BCUT2D eigenvalue weighted by Crippen LogP contribution is 2.36. The lowest BCUT2D eigenvalue weighted by molar-refractivity contribution is -0.138. The molecule has 0 bridgehead atoms. The van der Waals surface area contributed by atoms with Gasteiger partial charge < -0.3 is 10.2 Å². The van der Waals surface area contributed by atoms with Gasteiger partial charge in [-0.05, 0) is 47.9 Å². The molecule has 150 valence electrons. The second-order valence-electron chi connectivity index (χ2n) is 6.28. The Bertz CT molecular complexity index is 910.